The number of methoxy groups -OCH3 is 1. The van der Waals surface area contributed by atoms with Gasteiger partial charge in [-0.2, -0.15) is 0 Å². The molecule has 0 saturated carbocycles. The van der Waals surface area contributed by atoms with Gasteiger partial charge in [0.1, 0.15) is 6.04 Å². The molecule has 2 aliphatic rings. The van der Waals surface area contributed by atoms with E-state index in [0.29, 0.717) is 25.9 Å². The Balaban J connectivity index is 1.42. The van der Waals surface area contributed by atoms with Gasteiger partial charge in [-0.05, 0) is 48.6 Å². The number of carbonyl (C=O) groups excluding carboxylic acids is 2. The van der Waals surface area contributed by atoms with E-state index in [4.69, 9.17) is 4.74 Å². The first-order chi connectivity index (χ1) is 15.5. The van der Waals surface area contributed by atoms with Gasteiger partial charge >= 0.3 is 5.97 Å². The van der Waals surface area contributed by atoms with E-state index in [1.165, 1.54) is 23.8 Å². The number of fused-ring (bicyclic) bond motifs is 1. The summed E-state index contributed by atoms with van der Waals surface area (Å²) in [5.74, 6) is -0.208. The molecule has 0 aromatic heterocycles. The number of hydrogen-bond donors (Lipinski definition) is 1. The molecule has 32 heavy (non-hydrogen) atoms. The molecule has 4 rings (SSSR count). The number of nitrogens with zero attached hydrogens (tertiary/aromatic N) is 2. The minimum Gasteiger partial charge on any atom is -0.468 e. The molecule has 6 nitrogen and oxygen atoms in total. The van der Waals surface area contributed by atoms with Crippen molar-refractivity contribution in [3.63, 3.8) is 0 Å². The minimum atomic E-state index is -0.346. The number of esters is 1. The third kappa shape index (κ3) is 4.87. The van der Waals surface area contributed by atoms with Gasteiger partial charge in [-0.25, -0.2) is 0 Å². The normalized spacial score (nSPS) is 23.5. The van der Waals surface area contributed by atoms with Crippen LogP contribution in [0.3, 0.4) is 0 Å². The molecule has 3 atom stereocenters. The van der Waals surface area contributed by atoms with Crippen LogP contribution in [0.15, 0.2) is 48.5 Å². The maximum atomic E-state index is 13.2. The van der Waals surface area contributed by atoms with Crippen molar-refractivity contribution in [3.05, 3.63) is 70.8 Å². The molecule has 1 saturated heterocycles. The molecule has 0 bridgehead atoms. The molecular weight excluding hydrogens is 402 g/mol. The third-order valence-electron chi connectivity index (χ3n) is 6.83. The number of carbonyl (C=O) groups is 2. The van der Waals surface area contributed by atoms with E-state index in [-0.39, 0.29) is 30.0 Å². The maximum Gasteiger partial charge on any atom is 0.323 e. The number of hydrogen-bond acceptors (Lipinski definition) is 5. The highest BCUT2D eigenvalue weighted by Gasteiger charge is 2.39. The average molecular weight is 436 g/mol. The van der Waals surface area contributed by atoms with Gasteiger partial charge in [0, 0.05) is 25.7 Å². The molecule has 0 aliphatic carbocycles. The number of rotatable bonds is 6. The summed E-state index contributed by atoms with van der Waals surface area (Å²) in [6, 6.07) is 16.2. The van der Waals surface area contributed by atoms with Crippen LogP contribution in [0.1, 0.15) is 35.6 Å². The molecule has 2 aliphatic heterocycles. The molecular formula is C26H33N3O3. The van der Waals surface area contributed by atoms with Crippen LogP contribution in [0.2, 0.25) is 0 Å². The SMILES string of the molecule is CCc1ccc(CN2C[C@@H](NC(=O)[C@@H]3Cc4ccccc4CN3C)C[C@H]2C(=O)OC)cc1. The van der Waals surface area contributed by atoms with E-state index in [9.17, 15) is 9.59 Å². The zero-order valence-corrected chi connectivity index (χ0v) is 19.2. The van der Waals surface area contributed by atoms with Gasteiger partial charge in [-0.3, -0.25) is 19.4 Å². The van der Waals surface area contributed by atoms with E-state index < -0.39 is 0 Å². The molecule has 0 radical (unpaired) electrons. The summed E-state index contributed by atoms with van der Waals surface area (Å²) in [5.41, 5.74) is 4.97. The maximum absolute atomic E-state index is 13.2. The first-order valence-electron chi connectivity index (χ1n) is 11.5. The summed E-state index contributed by atoms with van der Waals surface area (Å²) >= 11 is 0. The summed E-state index contributed by atoms with van der Waals surface area (Å²) in [6.45, 7) is 4.20. The highest BCUT2D eigenvalue weighted by molar-refractivity contribution is 5.83. The Bertz CT molecular complexity index is 959. The topological polar surface area (TPSA) is 61.9 Å². The largest absolute Gasteiger partial charge is 0.468 e. The Hall–Kier alpha value is -2.70. The minimum absolute atomic E-state index is 0.0322. The fourth-order valence-corrected chi connectivity index (χ4v) is 4.92. The second kappa shape index (κ2) is 9.84. The lowest BCUT2D eigenvalue weighted by Crippen LogP contribution is -2.51. The lowest BCUT2D eigenvalue weighted by atomic mass is 9.94. The van der Waals surface area contributed by atoms with Gasteiger partial charge < -0.3 is 10.1 Å². The highest BCUT2D eigenvalue weighted by Crippen LogP contribution is 2.25. The van der Waals surface area contributed by atoms with Gasteiger partial charge in [0.25, 0.3) is 0 Å². The number of likely N-dealkylation sites (N-methyl/N-ethyl adjacent to an activating group) is 1. The van der Waals surface area contributed by atoms with Crippen LogP contribution in [0, 0.1) is 0 Å². The van der Waals surface area contributed by atoms with Crippen molar-refractivity contribution in [1.82, 2.24) is 15.1 Å². The Morgan fingerprint density at radius 2 is 1.72 bits per heavy atom. The molecule has 0 spiro atoms. The summed E-state index contributed by atoms with van der Waals surface area (Å²) in [4.78, 5) is 29.9. The van der Waals surface area contributed by atoms with Crippen molar-refractivity contribution >= 4 is 11.9 Å². The number of likely N-dealkylation sites (tertiary alicyclic amines) is 1. The van der Waals surface area contributed by atoms with Gasteiger partial charge in [0.05, 0.1) is 13.2 Å². The summed E-state index contributed by atoms with van der Waals surface area (Å²) in [6.07, 6.45) is 2.28. The Kier molecular flexibility index (Phi) is 6.92. The van der Waals surface area contributed by atoms with Crippen molar-refractivity contribution in [3.8, 4) is 0 Å². The third-order valence-corrected chi connectivity index (χ3v) is 6.83. The van der Waals surface area contributed by atoms with Crippen LogP contribution in [-0.4, -0.2) is 60.5 Å². The van der Waals surface area contributed by atoms with Crippen molar-refractivity contribution in [1.29, 1.82) is 0 Å². The Morgan fingerprint density at radius 3 is 2.41 bits per heavy atom. The lowest BCUT2D eigenvalue weighted by molar-refractivity contribution is -0.146. The first-order valence-corrected chi connectivity index (χ1v) is 11.5. The summed E-state index contributed by atoms with van der Waals surface area (Å²) in [5, 5.41) is 3.22. The zero-order valence-electron chi connectivity index (χ0n) is 19.2. The van der Waals surface area contributed by atoms with Gasteiger partial charge in [0.2, 0.25) is 5.91 Å². The Labute approximate surface area is 190 Å². The van der Waals surface area contributed by atoms with Crippen LogP contribution < -0.4 is 5.32 Å². The van der Waals surface area contributed by atoms with E-state index in [0.717, 1.165) is 18.5 Å². The van der Waals surface area contributed by atoms with Crippen molar-refractivity contribution < 1.29 is 14.3 Å². The van der Waals surface area contributed by atoms with Crippen LogP contribution in [0.25, 0.3) is 0 Å². The molecule has 170 valence electrons. The quantitative estimate of drug-likeness (QED) is 0.707. The molecule has 2 aromatic rings. The first kappa shape index (κ1) is 22.5. The number of aryl methyl sites for hydroxylation is 1. The monoisotopic (exact) mass is 435 g/mol. The molecule has 2 aromatic carbocycles. The smallest absolute Gasteiger partial charge is 0.323 e. The zero-order chi connectivity index (χ0) is 22.7. The molecule has 1 amide bonds. The fourth-order valence-electron chi connectivity index (χ4n) is 4.92. The lowest BCUT2D eigenvalue weighted by Gasteiger charge is -2.33. The predicted octanol–water partition coefficient (Wildman–Crippen LogP) is 2.54. The van der Waals surface area contributed by atoms with Crippen LogP contribution in [-0.2, 0) is 40.3 Å². The van der Waals surface area contributed by atoms with E-state index in [1.54, 1.807) is 0 Å². The van der Waals surface area contributed by atoms with Crippen molar-refractivity contribution in [2.75, 3.05) is 20.7 Å². The Morgan fingerprint density at radius 1 is 1.03 bits per heavy atom. The van der Waals surface area contributed by atoms with Crippen molar-refractivity contribution in [2.24, 2.45) is 0 Å². The average Bonchev–Trinajstić information content (AvgIpc) is 3.20. The standard InChI is InChI=1S/C26H33N3O3/c1-4-18-9-11-19(12-10-18)15-29-17-22(14-24(29)26(31)32-3)27-25(30)23-13-20-7-5-6-8-21(20)16-28(23)2/h5-12,22-24H,4,13-17H2,1-3H3,(H,27,30)/t22-,23-,24-/m0/s1. The fraction of sp³-hybridized carbons (Fsp3) is 0.462. The van der Waals surface area contributed by atoms with Crippen LogP contribution >= 0.6 is 0 Å². The molecule has 2 heterocycles. The molecule has 1 fully saturated rings. The number of benzene rings is 2. The second-order valence-electron chi connectivity index (χ2n) is 8.98. The van der Waals surface area contributed by atoms with E-state index >= 15 is 0 Å². The van der Waals surface area contributed by atoms with Crippen LogP contribution in [0.4, 0.5) is 0 Å². The number of nitrogens with one attached hydrogen (secondary N) is 1. The van der Waals surface area contributed by atoms with Gasteiger partial charge in [-0.1, -0.05) is 55.5 Å². The van der Waals surface area contributed by atoms with E-state index in [2.05, 4.69) is 58.4 Å². The summed E-state index contributed by atoms with van der Waals surface area (Å²) < 4.78 is 5.06. The second-order valence-corrected chi connectivity index (χ2v) is 8.98. The van der Waals surface area contributed by atoms with Crippen LogP contribution in [0.5, 0.6) is 0 Å². The molecule has 0 unspecified atom stereocenters. The van der Waals surface area contributed by atoms with Crippen molar-refractivity contribution in [2.45, 2.75) is 57.4 Å². The number of amides is 1. The number of ether oxygens (including phenoxy) is 1. The summed E-state index contributed by atoms with van der Waals surface area (Å²) in [7, 11) is 3.43. The molecule has 6 heteroatoms. The van der Waals surface area contributed by atoms with Gasteiger partial charge in [0.15, 0.2) is 0 Å². The predicted molar refractivity (Wildman–Crippen MR) is 124 cm³/mol. The van der Waals surface area contributed by atoms with E-state index in [1.807, 2.05) is 19.2 Å². The highest BCUT2D eigenvalue weighted by atomic mass is 16.5. The molecule has 1 N–H and O–H groups in total. The van der Waals surface area contributed by atoms with Gasteiger partial charge in [-0.15, -0.1) is 0 Å².